The van der Waals surface area contributed by atoms with Crippen LogP contribution in [0.15, 0.2) is 12.2 Å². The van der Waals surface area contributed by atoms with E-state index < -0.39 is 247 Å². The third-order valence-corrected chi connectivity index (χ3v) is 18.0. The number of nitrogens with one attached hydrogen (secondary N) is 3. The Morgan fingerprint density at radius 1 is 0.560 bits per heavy atom. The van der Waals surface area contributed by atoms with Gasteiger partial charge in [0.15, 0.2) is 25.2 Å². The zero-order valence-corrected chi connectivity index (χ0v) is 57.3. The fourth-order valence-corrected chi connectivity index (χ4v) is 12.5. The second-order valence-electron chi connectivity index (χ2n) is 25.6. The van der Waals surface area contributed by atoms with E-state index in [9.17, 15) is 111 Å². The van der Waals surface area contributed by atoms with Gasteiger partial charge in [0.05, 0.1) is 70.5 Å². The SMILES string of the molecule is CCCCCCCCCCCCCCCCCC(=O)N[C@@H](CO[C@@H]1O[C@H](CO)[C@@H](O[C@@H]2O[C@H](CO)[C@H](O[C@@H]3O[C@H](CO)[C@H](O)[C@H](O[C@@H]4O[C@H](CO)[C@H](O)[C@H](O)[C@H]4O)[C@H]3NC(C)=O)[C@H](O[C@]3(C(=O)[O-])C[C@H](O)C(NC(C)=O)C([C@H](O)[C@H](O)CO)O3)[C@H]2O)[C@H](O)[C@H]1O)[C@H](O)/C=C/C(=O)OCC.[NH4+]. The molecule has 0 radical (unpaired) electrons. The van der Waals surface area contributed by atoms with Gasteiger partial charge in [0.25, 0.3) is 0 Å². The summed E-state index contributed by atoms with van der Waals surface area (Å²) in [6, 6.07) is -5.10. The number of carbonyl (C=O) groups is 5. The Balaban J connectivity index is 0.0000212. The number of esters is 1. The summed E-state index contributed by atoms with van der Waals surface area (Å²) in [5.74, 6) is -9.13. The Labute approximate surface area is 579 Å². The molecule has 5 heterocycles. The number of ether oxygens (including phenoxy) is 11. The lowest BCUT2D eigenvalue weighted by molar-refractivity contribution is -0.421. The van der Waals surface area contributed by atoms with Crippen molar-refractivity contribution in [2.75, 3.05) is 46.2 Å². The van der Waals surface area contributed by atoms with Crippen LogP contribution >= 0.6 is 0 Å². The lowest BCUT2D eigenvalue weighted by atomic mass is 9.88. The van der Waals surface area contributed by atoms with E-state index in [1.165, 1.54) is 57.8 Å². The van der Waals surface area contributed by atoms with Crippen LogP contribution in [0.1, 0.15) is 137 Å². The molecule has 23 N–H and O–H groups in total. The summed E-state index contributed by atoms with van der Waals surface area (Å²) in [5, 5.41) is 197. The first kappa shape index (κ1) is 88.4. The number of hydrogen-bond donors (Lipinski definition) is 20. The topological polar surface area (TPSA) is 606 Å². The molecule has 0 aromatic carbocycles. The number of hydrogen-bond acceptors (Lipinski definition) is 33. The summed E-state index contributed by atoms with van der Waals surface area (Å²) in [7, 11) is 0. The fraction of sp³-hybridized carbons (Fsp3) is 0.889. The second kappa shape index (κ2) is 44.1. The number of carbonyl (C=O) groups excluding carboxylic acids is 5. The van der Waals surface area contributed by atoms with E-state index in [1.54, 1.807) is 6.92 Å². The number of aliphatic hydroxyl groups is 16. The van der Waals surface area contributed by atoms with Gasteiger partial charge < -0.3 is 166 Å². The highest BCUT2D eigenvalue weighted by Crippen LogP contribution is 2.41. The van der Waals surface area contributed by atoms with Crippen LogP contribution in [0.25, 0.3) is 0 Å². The van der Waals surface area contributed by atoms with Crippen LogP contribution in [-0.4, -0.2) is 329 Å². The van der Waals surface area contributed by atoms with Crippen molar-refractivity contribution in [3.8, 4) is 0 Å². The quantitative estimate of drug-likeness (QED) is 0.0153. The van der Waals surface area contributed by atoms with Gasteiger partial charge in [0.1, 0.15) is 122 Å². The van der Waals surface area contributed by atoms with Gasteiger partial charge >= 0.3 is 5.97 Å². The third kappa shape index (κ3) is 24.8. The fourth-order valence-electron chi connectivity index (χ4n) is 12.5. The molecule has 582 valence electrons. The number of carboxylic acids is 1. The normalized spacial score (nSPS) is 36.0. The van der Waals surface area contributed by atoms with Crippen LogP contribution in [0.5, 0.6) is 0 Å². The Bertz CT molecular complexity index is 2430. The molecule has 2 unspecified atom stereocenters. The average Bonchev–Trinajstić information content (AvgIpc) is 0.751. The zero-order valence-electron chi connectivity index (χ0n) is 57.3. The lowest BCUT2D eigenvalue weighted by Gasteiger charge is -2.54. The van der Waals surface area contributed by atoms with Gasteiger partial charge in [0, 0.05) is 32.8 Å². The van der Waals surface area contributed by atoms with Crippen molar-refractivity contribution >= 4 is 29.7 Å². The smallest absolute Gasteiger partial charge is 0.330 e. The summed E-state index contributed by atoms with van der Waals surface area (Å²) in [5.41, 5.74) is 0. The van der Waals surface area contributed by atoms with Crippen molar-refractivity contribution in [1.82, 2.24) is 22.1 Å². The molecule has 5 fully saturated rings. The predicted octanol–water partition coefficient (Wildman–Crippen LogP) is -7.14. The number of carboxylic acid groups (broad SMARTS) is 1. The van der Waals surface area contributed by atoms with E-state index >= 15 is 0 Å². The highest BCUT2D eigenvalue weighted by Gasteiger charge is 2.60. The summed E-state index contributed by atoms with van der Waals surface area (Å²) < 4.78 is 64.1. The van der Waals surface area contributed by atoms with Crippen molar-refractivity contribution in [1.29, 1.82) is 0 Å². The van der Waals surface area contributed by atoms with Crippen molar-refractivity contribution in [2.45, 2.75) is 308 Å². The van der Waals surface area contributed by atoms with Gasteiger partial charge in [0.2, 0.25) is 23.5 Å². The number of amides is 3. The highest BCUT2D eigenvalue weighted by atomic mass is 16.8. The molecule has 0 spiro atoms. The van der Waals surface area contributed by atoms with Crippen LogP contribution < -0.4 is 27.2 Å². The summed E-state index contributed by atoms with van der Waals surface area (Å²) >= 11 is 0. The second-order valence-corrected chi connectivity index (χ2v) is 25.6. The first-order valence-electron chi connectivity index (χ1n) is 34.1. The van der Waals surface area contributed by atoms with E-state index in [1.807, 2.05) is 0 Å². The van der Waals surface area contributed by atoms with Crippen molar-refractivity contribution in [2.24, 2.45) is 0 Å². The van der Waals surface area contributed by atoms with E-state index in [4.69, 9.17) is 52.1 Å². The first-order chi connectivity index (χ1) is 47.1. The number of quaternary nitrogens is 1. The maximum atomic E-state index is 13.6. The predicted molar refractivity (Wildman–Crippen MR) is 337 cm³/mol. The summed E-state index contributed by atoms with van der Waals surface area (Å²) in [6.07, 6.45) is -33.6. The molecule has 5 rings (SSSR count). The van der Waals surface area contributed by atoms with E-state index in [-0.39, 0.29) is 19.2 Å². The van der Waals surface area contributed by atoms with Gasteiger partial charge in [-0.1, -0.05) is 96.8 Å². The summed E-state index contributed by atoms with van der Waals surface area (Å²) in [4.78, 5) is 64.7. The van der Waals surface area contributed by atoms with Gasteiger partial charge in [-0.25, -0.2) is 4.79 Å². The first-order valence-corrected chi connectivity index (χ1v) is 34.1. The van der Waals surface area contributed by atoms with Crippen LogP contribution in [0.3, 0.4) is 0 Å². The van der Waals surface area contributed by atoms with Crippen molar-refractivity contribution in [3.05, 3.63) is 12.2 Å². The van der Waals surface area contributed by atoms with Crippen LogP contribution in [0.4, 0.5) is 0 Å². The maximum absolute atomic E-state index is 13.6. The Kier molecular flexibility index (Phi) is 39.0. The monoisotopic (exact) mass is 1450 g/mol. The molecule has 37 nitrogen and oxygen atoms in total. The molecular formula is C63H112N4O33. The highest BCUT2D eigenvalue weighted by molar-refractivity contribution is 5.82. The van der Waals surface area contributed by atoms with Gasteiger partial charge in [-0.05, 0) is 19.4 Å². The minimum atomic E-state index is -3.51. The number of rotatable bonds is 42. The molecule has 37 heteroatoms. The summed E-state index contributed by atoms with van der Waals surface area (Å²) in [6.45, 7) is -0.743. The van der Waals surface area contributed by atoms with Gasteiger partial charge in [-0.2, -0.15) is 0 Å². The number of aliphatic hydroxyl groups excluding tert-OH is 16. The molecule has 0 aliphatic carbocycles. The van der Waals surface area contributed by atoms with Crippen molar-refractivity contribution < 1.29 is 163 Å². The largest absolute Gasteiger partial charge is 0.544 e. The van der Waals surface area contributed by atoms with Crippen LogP contribution in [0.2, 0.25) is 0 Å². The van der Waals surface area contributed by atoms with Crippen LogP contribution in [0, 0.1) is 0 Å². The molecule has 0 bridgehead atoms. The molecule has 28 atom stereocenters. The van der Waals surface area contributed by atoms with E-state index in [0.29, 0.717) is 6.42 Å². The lowest BCUT2D eigenvalue weighted by Crippen LogP contribution is -2.73. The van der Waals surface area contributed by atoms with Gasteiger partial charge in [-0.3, -0.25) is 14.4 Å². The van der Waals surface area contributed by atoms with E-state index in [0.717, 1.165) is 58.1 Å². The van der Waals surface area contributed by atoms with Crippen molar-refractivity contribution in [3.63, 3.8) is 0 Å². The molecule has 0 aromatic heterocycles. The molecular weight excluding hydrogens is 1340 g/mol. The zero-order chi connectivity index (χ0) is 73.3. The Morgan fingerprint density at radius 2 is 1.04 bits per heavy atom. The molecule has 5 aliphatic rings. The molecule has 5 aliphatic heterocycles. The third-order valence-electron chi connectivity index (χ3n) is 18.0. The Hall–Kier alpha value is -3.99. The number of aliphatic carboxylic acids is 1. The minimum Gasteiger partial charge on any atom is -0.544 e. The van der Waals surface area contributed by atoms with Crippen LogP contribution in [-0.2, 0) is 76.1 Å². The Morgan fingerprint density at radius 3 is 1.58 bits per heavy atom. The molecule has 5 saturated heterocycles. The molecule has 100 heavy (non-hydrogen) atoms. The average molecular weight is 1450 g/mol. The maximum Gasteiger partial charge on any atom is 0.330 e. The van der Waals surface area contributed by atoms with E-state index in [2.05, 4.69) is 22.9 Å². The van der Waals surface area contributed by atoms with Gasteiger partial charge in [-0.15, -0.1) is 0 Å². The molecule has 0 saturated carbocycles. The molecule has 3 amide bonds. The molecule has 0 aromatic rings. The standard InChI is InChI=1S/C63H109N3O33.H3N/c1-5-7-8-9-10-11-12-13-14-15-16-17-18-19-20-21-41(77)66-33(34(74)22-23-42(78)89-6-2)30-90-59-51(85)49(83)53(39(28-70)93-59)95-61-52(86)57(99-63(62(87)88)24-35(75)43(64-31(3)72)56(98-63)45(79)36(76)25-67)54(40(29-71)94-61)96-58-44(65-32(4)73)55(47(81)38(27-69)91-58)97-60-50(84)48(82)46(80)37(26-68)92-60;/h22-23,33-40,43-61,67-71,74-76,79-86H,5-21,24-30H2,1-4H3,(H,64,72)(H,65,73)(H,66,77)(H,87,88);1H3/b23-22+;/t33-,34+,35-,36+,37+,38+,39+,40+,43?,44+,45+,46-,47-,48-,49+,50+,51+,52+,53+,54-,55+,56?,57+,58-,59+,60-,61-,63-;/m0./s1. The number of unbranched alkanes of at least 4 members (excludes halogenated alkanes) is 14. The minimum absolute atomic E-state index is 0.